The average molecular weight is 327 g/mol. The van der Waals surface area contributed by atoms with Gasteiger partial charge in [-0.2, -0.15) is 0 Å². The van der Waals surface area contributed by atoms with E-state index in [1.165, 1.54) is 0 Å². The van der Waals surface area contributed by atoms with Crippen molar-refractivity contribution in [2.45, 2.75) is 18.7 Å². The van der Waals surface area contributed by atoms with Gasteiger partial charge in [-0.05, 0) is 48.6 Å². The zero-order valence-corrected chi connectivity index (χ0v) is 14.3. The number of para-hydroxylation sites is 1. The Hall–Kier alpha value is -2.20. The summed E-state index contributed by atoms with van der Waals surface area (Å²) < 4.78 is 5.59. The fraction of sp³-hybridized carbons (Fsp3) is 0.211. The summed E-state index contributed by atoms with van der Waals surface area (Å²) in [7, 11) is 0. The van der Waals surface area contributed by atoms with E-state index < -0.39 is 0 Å². The van der Waals surface area contributed by atoms with E-state index >= 15 is 0 Å². The van der Waals surface area contributed by atoms with E-state index in [4.69, 9.17) is 4.74 Å². The molecule has 1 amide bonds. The molecule has 0 saturated carbocycles. The number of hydrogen-bond acceptors (Lipinski definition) is 3. The van der Waals surface area contributed by atoms with Crippen molar-refractivity contribution in [3.05, 3.63) is 66.2 Å². The molecule has 0 heterocycles. The Bertz CT molecular complexity index is 697. The van der Waals surface area contributed by atoms with Crippen molar-refractivity contribution in [1.29, 1.82) is 0 Å². The van der Waals surface area contributed by atoms with Gasteiger partial charge in [-0.25, -0.2) is 0 Å². The minimum absolute atomic E-state index is 0.144. The van der Waals surface area contributed by atoms with Crippen LogP contribution in [0.15, 0.2) is 65.6 Å². The van der Waals surface area contributed by atoms with Crippen LogP contribution >= 0.6 is 11.8 Å². The van der Waals surface area contributed by atoms with Gasteiger partial charge < -0.3 is 10.1 Å². The maximum absolute atomic E-state index is 12.5. The smallest absolute Gasteiger partial charge is 0.255 e. The van der Waals surface area contributed by atoms with Gasteiger partial charge in [0.15, 0.2) is 0 Å². The zero-order chi connectivity index (χ0) is 16.7. The average Bonchev–Trinajstić information content (AvgIpc) is 2.55. The first-order valence-electron chi connectivity index (χ1n) is 7.50. The summed E-state index contributed by atoms with van der Waals surface area (Å²) in [5.74, 6) is 1.48. The summed E-state index contributed by atoms with van der Waals surface area (Å²) in [6.07, 6.45) is 0. The van der Waals surface area contributed by atoms with Crippen LogP contribution in [0.25, 0.3) is 0 Å². The monoisotopic (exact) mass is 327 g/mol. The van der Waals surface area contributed by atoms with Gasteiger partial charge in [-0.3, -0.25) is 4.79 Å². The molecule has 0 saturated heterocycles. The highest BCUT2D eigenvalue weighted by Gasteiger charge is 2.10. The molecule has 2 aromatic rings. The third-order valence-electron chi connectivity index (χ3n) is 3.02. The molecule has 2 rings (SSSR count). The van der Waals surface area contributed by atoms with Crippen molar-refractivity contribution in [1.82, 2.24) is 0 Å². The largest absolute Gasteiger partial charge is 0.489 e. The van der Waals surface area contributed by atoms with E-state index in [0.717, 1.165) is 21.9 Å². The van der Waals surface area contributed by atoms with Crippen LogP contribution in [0.4, 0.5) is 5.69 Å². The van der Waals surface area contributed by atoms with Gasteiger partial charge in [0, 0.05) is 10.5 Å². The second kappa shape index (κ2) is 8.44. The quantitative estimate of drug-likeness (QED) is 0.574. The molecule has 0 unspecified atom stereocenters. The molecular weight excluding hydrogens is 306 g/mol. The first-order chi connectivity index (χ1) is 11.1. The lowest BCUT2D eigenvalue weighted by Gasteiger charge is -2.11. The number of carbonyl (C=O) groups is 1. The first kappa shape index (κ1) is 17.2. The van der Waals surface area contributed by atoms with Crippen LogP contribution in [-0.4, -0.2) is 18.3 Å². The van der Waals surface area contributed by atoms with E-state index in [1.807, 2.05) is 43.3 Å². The van der Waals surface area contributed by atoms with Crippen LogP contribution in [0, 0.1) is 0 Å². The minimum atomic E-state index is -0.144. The Labute approximate surface area is 141 Å². The molecule has 3 nitrogen and oxygen atoms in total. The Morgan fingerprint density at radius 2 is 2.00 bits per heavy atom. The number of nitrogens with one attached hydrogen (secondary N) is 1. The Morgan fingerprint density at radius 1 is 1.22 bits per heavy atom. The Balaban J connectivity index is 2.12. The summed E-state index contributed by atoms with van der Waals surface area (Å²) in [4.78, 5) is 13.5. The van der Waals surface area contributed by atoms with Crippen molar-refractivity contribution in [3.8, 4) is 5.75 Å². The lowest BCUT2D eigenvalue weighted by Crippen LogP contribution is -2.12. The highest BCUT2D eigenvalue weighted by Crippen LogP contribution is 2.27. The summed E-state index contributed by atoms with van der Waals surface area (Å²) in [5, 5.41) is 2.97. The van der Waals surface area contributed by atoms with Gasteiger partial charge in [0.25, 0.3) is 5.91 Å². The summed E-state index contributed by atoms with van der Waals surface area (Å²) in [6, 6.07) is 15.0. The van der Waals surface area contributed by atoms with Crippen molar-refractivity contribution in [2.24, 2.45) is 0 Å². The number of rotatable bonds is 7. The SMILES string of the molecule is C=C(C)COc1cccc(C(=O)Nc2ccccc2SCC)c1. The Kier molecular flexibility index (Phi) is 6.29. The summed E-state index contributed by atoms with van der Waals surface area (Å²) in [5.41, 5.74) is 2.34. The van der Waals surface area contributed by atoms with Crippen molar-refractivity contribution in [2.75, 3.05) is 17.7 Å². The van der Waals surface area contributed by atoms with Crippen LogP contribution in [0.2, 0.25) is 0 Å². The second-order valence-corrected chi connectivity index (χ2v) is 6.46. The maximum Gasteiger partial charge on any atom is 0.255 e. The molecule has 0 radical (unpaired) electrons. The first-order valence-corrected chi connectivity index (χ1v) is 8.49. The van der Waals surface area contributed by atoms with E-state index in [9.17, 15) is 4.79 Å². The molecule has 0 atom stereocenters. The van der Waals surface area contributed by atoms with Crippen molar-refractivity contribution < 1.29 is 9.53 Å². The predicted octanol–water partition coefficient (Wildman–Crippen LogP) is 5.01. The molecule has 0 aromatic heterocycles. The third kappa shape index (κ3) is 5.18. The molecule has 0 bridgehead atoms. The summed E-state index contributed by atoms with van der Waals surface area (Å²) in [6.45, 7) is 8.24. The van der Waals surface area contributed by atoms with Crippen LogP contribution < -0.4 is 10.1 Å². The molecule has 0 aliphatic rings. The van der Waals surface area contributed by atoms with E-state index in [-0.39, 0.29) is 5.91 Å². The fourth-order valence-corrected chi connectivity index (χ4v) is 2.74. The molecule has 0 aliphatic heterocycles. The van der Waals surface area contributed by atoms with Gasteiger partial charge >= 0.3 is 0 Å². The normalized spacial score (nSPS) is 10.2. The Morgan fingerprint density at radius 3 is 2.74 bits per heavy atom. The van der Waals surface area contributed by atoms with Crippen LogP contribution in [-0.2, 0) is 0 Å². The zero-order valence-electron chi connectivity index (χ0n) is 13.5. The number of anilines is 1. The summed E-state index contributed by atoms with van der Waals surface area (Å²) >= 11 is 1.70. The van der Waals surface area contributed by atoms with Crippen LogP contribution in [0.5, 0.6) is 5.75 Å². The van der Waals surface area contributed by atoms with Gasteiger partial charge in [0.05, 0.1) is 5.69 Å². The molecule has 1 N–H and O–H groups in total. The minimum Gasteiger partial charge on any atom is -0.489 e. The predicted molar refractivity (Wildman–Crippen MR) is 97.5 cm³/mol. The number of thioether (sulfide) groups is 1. The second-order valence-electron chi connectivity index (χ2n) is 5.16. The molecular formula is C19H21NO2S. The molecule has 4 heteroatoms. The maximum atomic E-state index is 12.5. The molecule has 0 aliphatic carbocycles. The number of amides is 1. The van der Waals surface area contributed by atoms with Gasteiger partial charge in [-0.1, -0.05) is 31.7 Å². The van der Waals surface area contributed by atoms with Crippen molar-refractivity contribution >= 4 is 23.4 Å². The lowest BCUT2D eigenvalue weighted by atomic mass is 10.2. The number of carbonyl (C=O) groups excluding carboxylic acids is 1. The number of ether oxygens (including phenoxy) is 1. The van der Waals surface area contributed by atoms with Crippen LogP contribution in [0.3, 0.4) is 0 Å². The van der Waals surface area contributed by atoms with Gasteiger partial charge in [0.1, 0.15) is 12.4 Å². The van der Waals surface area contributed by atoms with Gasteiger partial charge in [-0.15, -0.1) is 11.8 Å². The van der Waals surface area contributed by atoms with E-state index in [1.54, 1.807) is 23.9 Å². The van der Waals surface area contributed by atoms with E-state index in [0.29, 0.717) is 17.9 Å². The molecule has 0 fully saturated rings. The molecule has 23 heavy (non-hydrogen) atoms. The number of benzene rings is 2. The topological polar surface area (TPSA) is 38.3 Å². The highest BCUT2D eigenvalue weighted by molar-refractivity contribution is 7.99. The highest BCUT2D eigenvalue weighted by atomic mass is 32.2. The number of hydrogen-bond donors (Lipinski definition) is 1. The molecule has 120 valence electrons. The molecule has 0 spiro atoms. The van der Waals surface area contributed by atoms with Gasteiger partial charge in [0.2, 0.25) is 0 Å². The van der Waals surface area contributed by atoms with Crippen molar-refractivity contribution in [3.63, 3.8) is 0 Å². The van der Waals surface area contributed by atoms with E-state index in [2.05, 4.69) is 18.8 Å². The third-order valence-corrected chi connectivity index (χ3v) is 3.97. The van der Waals surface area contributed by atoms with Crippen LogP contribution in [0.1, 0.15) is 24.2 Å². The standard InChI is InChI=1S/C19H21NO2S/c1-4-23-18-11-6-5-10-17(18)20-19(21)15-8-7-9-16(12-15)22-13-14(2)3/h5-12H,2,4,13H2,1,3H3,(H,20,21). The molecule has 2 aromatic carbocycles. The lowest BCUT2D eigenvalue weighted by molar-refractivity contribution is 0.102. The fourth-order valence-electron chi connectivity index (χ4n) is 1.98.